The van der Waals surface area contributed by atoms with E-state index in [1.807, 2.05) is 30.3 Å². The van der Waals surface area contributed by atoms with Crippen molar-refractivity contribution in [3.63, 3.8) is 0 Å². The van der Waals surface area contributed by atoms with Gasteiger partial charge in [-0.3, -0.25) is 0 Å². The molecule has 1 aromatic carbocycles. The van der Waals surface area contributed by atoms with Crippen molar-refractivity contribution in [2.24, 2.45) is 0 Å². The zero-order chi connectivity index (χ0) is 13.5. The van der Waals surface area contributed by atoms with Crippen molar-refractivity contribution in [3.05, 3.63) is 35.9 Å². The first-order valence-corrected chi connectivity index (χ1v) is 6.50. The van der Waals surface area contributed by atoms with E-state index in [4.69, 9.17) is 9.47 Å². The maximum atomic E-state index is 9.89. The molecule has 1 aliphatic carbocycles. The summed E-state index contributed by atoms with van der Waals surface area (Å²) < 4.78 is 11.2. The van der Waals surface area contributed by atoms with E-state index in [0.717, 1.165) is 5.56 Å². The lowest BCUT2D eigenvalue weighted by Crippen LogP contribution is -2.59. The van der Waals surface area contributed by atoms with Gasteiger partial charge in [0.1, 0.15) is 23.9 Å². The predicted molar refractivity (Wildman–Crippen MR) is 66.1 cm³/mol. The Kier molecular flexibility index (Phi) is 3.32. The Morgan fingerprint density at radius 1 is 1.11 bits per heavy atom. The number of aliphatic hydroxyl groups excluding tert-OH is 3. The second kappa shape index (κ2) is 4.85. The van der Waals surface area contributed by atoms with Crippen molar-refractivity contribution in [1.29, 1.82) is 0 Å². The van der Waals surface area contributed by atoms with E-state index in [1.54, 1.807) is 0 Å². The van der Waals surface area contributed by atoms with E-state index in [1.165, 1.54) is 0 Å². The van der Waals surface area contributed by atoms with Gasteiger partial charge in [0.05, 0.1) is 6.61 Å². The summed E-state index contributed by atoms with van der Waals surface area (Å²) in [7, 11) is 0. The molecule has 5 nitrogen and oxygen atoms in total. The molecule has 1 saturated heterocycles. The van der Waals surface area contributed by atoms with Crippen LogP contribution < -0.4 is 0 Å². The zero-order valence-electron chi connectivity index (χ0n) is 10.5. The Bertz CT molecular complexity index is 431. The third-order valence-electron chi connectivity index (χ3n) is 3.84. The first-order chi connectivity index (χ1) is 9.12. The molecule has 0 unspecified atom stereocenters. The monoisotopic (exact) mass is 266 g/mol. The molecule has 4 atom stereocenters. The molecule has 1 saturated carbocycles. The van der Waals surface area contributed by atoms with Gasteiger partial charge in [-0.1, -0.05) is 30.3 Å². The van der Waals surface area contributed by atoms with Gasteiger partial charge < -0.3 is 24.8 Å². The first-order valence-electron chi connectivity index (χ1n) is 6.50. The summed E-state index contributed by atoms with van der Waals surface area (Å²) in [4.78, 5) is 0. The molecule has 0 aromatic heterocycles. The van der Waals surface area contributed by atoms with Crippen LogP contribution >= 0.6 is 0 Å². The molecule has 2 aliphatic rings. The topological polar surface area (TPSA) is 79.2 Å². The molecule has 104 valence electrons. The summed E-state index contributed by atoms with van der Waals surface area (Å²) in [6.45, 7) is 0.293. The third-order valence-corrected chi connectivity index (χ3v) is 3.84. The van der Waals surface area contributed by atoms with Gasteiger partial charge in [-0.15, -0.1) is 0 Å². The molecular formula is C14H18O5. The van der Waals surface area contributed by atoms with Crippen LogP contribution in [-0.4, -0.2) is 45.5 Å². The summed E-state index contributed by atoms with van der Waals surface area (Å²) in [5.41, 5.74) is 0.240. The van der Waals surface area contributed by atoms with Crippen molar-refractivity contribution in [1.82, 2.24) is 0 Å². The van der Waals surface area contributed by atoms with Crippen molar-refractivity contribution in [3.8, 4) is 0 Å². The van der Waals surface area contributed by atoms with Gasteiger partial charge in [0.15, 0.2) is 6.29 Å². The fraction of sp³-hybridized carbons (Fsp3) is 0.571. The van der Waals surface area contributed by atoms with Crippen molar-refractivity contribution < 1.29 is 24.8 Å². The summed E-state index contributed by atoms with van der Waals surface area (Å²) >= 11 is 0. The Morgan fingerprint density at radius 3 is 2.42 bits per heavy atom. The third kappa shape index (κ3) is 2.40. The molecule has 2 fully saturated rings. The fourth-order valence-corrected chi connectivity index (χ4v) is 2.45. The molecule has 1 aliphatic heterocycles. The maximum Gasteiger partial charge on any atom is 0.187 e. The number of ether oxygens (including phenoxy) is 2. The minimum absolute atomic E-state index is 0.293. The van der Waals surface area contributed by atoms with Crippen molar-refractivity contribution in [2.45, 2.75) is 49.7 Å². The van der Waals surface area contributed by atoms with Gasteiger partial charge in [-0.25, -0.2) is 0 Å². The average molecular weight is 266 g/mol. The van der Waals surface area contributed by atoms with Gasteiger partial charge >= 0.3 is 0 Å². The largest absolute Gasteiger partial charge is 0.387 e. The molecule has 3 rings (SSSR count). The van der Waals surface area contributed by atoms with Gasteiger partial charge in [0.2, 0.25) is 0 Å². The minimum Gasteiger partial charge on any atom is -0.387 e. The minimum atomic E-state index is -1.23. The Balaban J connectivity index is 1.64. The van der Waals surface area contributed by atoms with E-state index in [0.29, 0.717) is 19.4 Å². The van der Waals surface area contributed by atoms with Gasteiger partial charge in [0, 0.05) is 0 Å². The van der Waals surface area contributed by atoms with Crippen LogP contribution in [0, 0.1) is 0 Å². The van der Waals surface area contributed by atoms with Crippen LogP contribution in [0.4, 0.5) is 0 Å². The highest BCUT2D eigenvalue weighted by molar-refractivity contribution is 5.14. The van der Waals surface area contributed by atoms with Crippen LogP contribution in [0.1, 0.15) is 18.4 Å². The quantitative estimate of drug-likeness (QED) is 0.727. The Labute approximate surface area is 111 Å². The highest BCUT2D eigenvalue weighted by atomic mass is 16.7. The molecular weight excluding hydrogens is 248 g/mol. The van der Waals surface area contributed by atoms with Crippen LogP contribution in [0.3, 0.4) is 0 Å². The summed E-state index contributed by atoms with van der Waals surface area (Å²) in [5.74, 6) is 0. The number of rotatable bonds is 3. The smallest absolute Gasteiger partial charge is 0.187 e. The lowest BCUT2D eigenvalue weighted by molar-refractivity contribution is -0.309. The molecule has 5 heteroatoms. The van der Waals surface area contributed by atoms with E-state index in [2.05, 4.69) is 0 Å². The van der Waals surface area contributed by atoms with Gasteiger partial charge in [-0.2, -0.15) is 0 Å². The van der Waals surface area contributed by atoms with Gasteiger partial charge in [-0.05, 0) is 18.4 Å². The lowest BCUT2D eigenvalue weighted by Gasteiger charge is -2.40. The fourth-order valence-electron chi connectivity index (χ4n) is 2.45. The number of hydrogen-bond acceptors (Lipinski definition) is 5. The molecule has 0 radical (unpaired) electrons. The number of benzene rings is 1. The van der Waals surface area contributed by atoms with Gasteiger partial charge in [0.25, 0.3) is 0 Å². The molecule has 0 bridgehead atoms. The van der Waals surface area contributed by atoms with Crippen LogP contribution in [0.2, 0.25) is 0 Å². The lowest BCUT2D eigenvalue weighted by atomic mass is 9.97. The molecule has 0 amide bonds. The molecule has 3 N–H and O–H groups in total. The summed E-state index contributed by atoms with van der Waals surface area (Å²) in [5, 5.41) is 29.6. The average Bonchev–Trinajstić information content (AvgIpc) is 3.21. The molecule has 1 heterocycles. The Hall–Kier alpha value is -0.980. The summed E-state index contributed by atoms with van der Waals surface area (Å²) in [6.07, 6.45) is -3.03. The normalized spacial score (nSPS) is 36.4. The van der Waals surface area contributed by atoms with E-state index in [-0.39, 0.29) is 0 Å². The van der Waals surface area contributed by atoms with E-state index in [9.17, 15) is 15.3 Å². The molecule has 19 heavy (non-hydrogen) atoms. The highest BCUT2D eigenvalue weighted by Crippen LogP contribution is 2.48. The number of hydrogen-bond donors (Lipinski definition) is 3. The SMILES string of the molecule is O[C@@H]1[C@@H](O)[C@H](OCc2ccccc2)OC2(CC2)[C@H]1O. The van der Waals surface area contributed by atoms with E-state index >= 15 is 0 Å². The maximum absolute atomic E-state index is 9.89. The number of aliphatic hydroxyl groups is 3. The van der Waals surface area contributed by atoms with Crippen LogP contribution in [0.25, 0.3) is 0 Å². The van der Waals surface area contributed by atoms with Crippen molar-refractivity contribution in [2.75, 3.05) is 0 Å². The molecule has 1 aromatic rings. The zero-order valence-corrected chi connectivity index (χ0v) is 10.5. The van der Waals surface area contributed by atoms with E-state index < -0.39 is 30.2 Å². The second-order valence-electron chi connectivity index (χ2n) is 5.27. The van der Waals surface area contributed by atoms with Crippen molar-refractivity contribution >= 4 is 0 Å². The first kappa shape index (κ1) is 13.0. The van der Waals surface area contributed by atoms with Crippen LogP contribution in [0.5, 0.6) is 0 Å². The molecule has 1 spiro atoms. The Morgan fingerprint density at radius 2 is 1.79 bits per heavy atom. The summed E-state index contributed by atoms with van der Waals surface area (Å²) in [6, 6.07) is 9.53. The standard InChI is InChI=1S/C14H18O5/c15-10-11(16)13(19-14(6-7-14)12(10)17)18-8-9-4-2-1-3-5-9/h1-5,10-13,15-17H,6-8H2/t10-,11-,12+,13-/m1/s1. The second-order valence-corrected chi connectivity index (χ2v) is 5.27. The van der Waals surface area contributed by atoms with Crippen LogP contribution in [0.15, 0.2) is 30.3 Å². The van der Waals surface area contributed by atoms with Crippen LogP contribution in [-0.2, 0) is 16.1 Å². The predicted octanol–water partition coefficient (Wildman–Crippen LogP) is 0.175. The highest BCUT2D eigenvalue weighted by Gasteiger charge is 2.60.